The van der Waals surface area contributed by atoms with Gasteiger partial charge in [-0.2, -0.15) is 4.98 Å². The van der Waals surface area contributed by atoms with Crippen LogP contribution in [-0.2, 0) is 11.3 Å². The predicted octanol–water partition coefficient (Wildman–Crippen LogP) is 4.48. The summed E-state index contributed by atoms with van der Waals surface area (Å²) in [6, 6.07) is 13.8. The Balaban J connectivity index is 1.66. The summed E-state index contributed by atoms with van der Waals surface area (Å²) in [6.07, 6.45) is -0.00471. The van der Waals surface area contributed by atoms with Crippen LogP contribution in [0, 0.1) is 20.8 Å². The maximum Gasteiger partial charge on any atom is 0.263 e. The van der Waals surface area contributed by atoms with Gasteiger partial charge in [-0.1, -0.05) is 48.0 Å². The molecule has 1 amide bonds. The number of rotatable bonds is 7. The predicted molar refractivity (Wildman–Crippen MR) is 112 cm³/mol. The van der Waals surface area contributed by atoms with E-state index in [9.17, 15) is 4.79 Å². The van der Waals surface area contributed by atoms with Crippen molar-refractivity contribution in [1.29, 1.82) is 0 Å². The molecule has 1 atom stereocenters. The lowest BCUT2D eigenvalue weighted by Crippen LogP contribution is -2.39. The number of hydrogen-bond acceptors (Lipinski definition) is 5. The fourth-order valence-electron chi connectivity index (χ4n) is 3.14. The maximum atomic E-state index is 12.9. The van der Waals surface area contributed by atoms with Crippen LogP contribution >= 0.6 is 0 Å². The van der Waals surface area contributed by atoms with Gasteiger partial charge in [-0.3, -0.25) is 4.79 Å². The minimum atomic E-state index is -0.569. The second kappa shape index (κ2) is 8.90. The molecule has 0 aliphatic carbocycles. The second-order valence-electron chi connectivity index (χ2n) is 7.41. The molecule has 0 unspecified atom stereocenters. The average molecular weight is 393 g/mol. The van der Waals surface area contributed by atoms with Crippen LogP contribution in [0.2, 0.25) is 0 Å². The third kappa shape index (κ3) is 5.22. The molecule has 0 saturated carbocycles. The number of hydrogen-bond donors (Lipinski definition) is 0. The standard InChI is InChI=1S/C23H27N3O3/c1-6-20(28-19-12-16(3)11-17(4)13-19)23(27)26(5)14-21-24-22(25-29-21)18-9-7-15(2)8-10-18/h7-13,20H,6,14H2,1-5H3/t20-/m0/s1. The summed E-state index contributed by atoms with van der Waals surface area (Å²) < 4.78 is 11.3. The molecule has 0 aliphatic heterocycles. The number of likely N-dealkylation sites (N-methyl/N-ethyl adjacent to an activating group) is 1. The van der Waals surface area contributed by atoms with Gasteiger partial charge in [0.1, 0.15) is 5.75 Å². The monoisotopic (exact) mass is 393 g/mol. The number of amides is 1. The van der Waals surface area contributed by atoms with Crippen LogP contribution in [0.15, 0.2) is 47.0 Å². The highest BCUT2D eigenvalue weighted by Crippen LogP contribution is 2.20. The Morgan fingerprint density at radius 2 is 1.72 bits per heavy atom. The maximum absolute atomic E-state index is 12.9. The Morgan fingerprint density at radius 1 is 1.07 bits per heavy atom. The first-order valence-electron chi connectivity index (χ1n) is 9.75. The van der Waals surface area contributed by atoms with Gasteiger partial charge in [-0.05, 0) is 50.5 Å². The van der Waals surface area contributed by atoms with Crippen LogP contribution < -0.4 is 4.74 Å². The minimum absolute atomic E-state index is 0.123. The van der Waals surface area contributed by atoms with Gasteiger partial charge in [-0.15, -0.1) is 0 Å². The first kappa shape index (κ1) is 20.6. The average Bonchev–Trinajstić information content (AvgIpc) is 3.13. The molecule has 3 aromatic rings. The zero-order chi connectivity index (χ0) is 21.0. The van der Waals surface area contributed by atoms with E-state index in [0.717, 1.165) is 22.3 Å². The van der Waals surface area contributed by atoms with Crippen LogP contribution in [0.5, 0.6) is 5.75 Å². The van der Waals surface area contributed by atoms with Crippen LogP contribution in [-0.4, -0.2) is 34.1 Å². The Kier molecular flexibility index (Phi) is 6.32. The van der Waals surface area contributed by atoms with Gasteiger partial charge >= 0.3 is 0 Å². The Bertz CT molecular complexity index is 959. The van der Waals surface area contributed by atoms with Gasteiger partial charge in [0, 0.05) is 12.6 Å². The first-order valence-corrected chi connectivity index (χ1v) is 9.75. The minimum Gasteiger partial charge on any atom is -0.481 e. The zero-order valence-electron chi connectivity index (χ0n) is 17.6. The second-order valence-corrected chi connectivity index (χ2v) is 7.41. The van der Waals surface area contributed by atoms with Gasteiger partial charge in [0.15, 0.2) is 6.10 Å². The van der Waals surface area contributed by atoms with E-state index in [-0.39, 0.29) is 12.5 Å². The molecule has 2 aromatic carbocycles. The smallest absolute Gasteiger partial charge is 0.263 e. The number of carbonyl (C=O) groups is 1. The molecule has 3 rings (SSSR count). The highest BCUT2D eigenvalue weighted by molar-refractivity contribution is 5.81. The topological polar surface area (TPSA) is 68.5 Å². The number of aromatic nitrogens is 2. The summed E-state index contributed by atoms with van der Waals surface area (Å²) in [5.41, 5.74) is 4.25. The van der Waals surface area contributed by atoms with Crippen molar-refractivity contribution in [2.24, 2.45) is 0 Å². The quantitative estimate of drug-likeness (QED) is 0.592. The molecule has 152 valence electrons. The molecule has 0 saturated heterocycles. The van der Waals surface area contributed by atoms with Crippen molar-refractivity contribution in [2.45, 2.75) is 46.8 Å². The van der Waals surface area contributed by atoms with Crippen molar-refractivity contribution in [3.05, 3.63) is 65.0 Å². The normalized spacial score (nSPS) is 11.9. The van der Waals surface area contributed by atoms with Crippen LogP contribution in [0.1, 0.15) is 35.9 Å². The van der Waals surface area contributed by atoms with Crippen LogP contribution in [0.4, 0.5) is 0 Å². The molecule has 1 heterocycles. The van der Waals surface area contributed by atoms with Crippen molar-refractivity contribution < 1.29 is 14.1 Å². The lowest BCUT2D eigenvalue weighted by molar-refractivity contribution is -0.138. The fraction of sp³-hybridized carbons (Fsp3) is 0.348. The number of benzene rings is 2. The van der Waals surface area contributed by atoms with Gasteiger partial charge in [0.2, 0.25) is 11.7 Å². The van der Waals surface area contributed by atoms with E-state index in [0.29, 0.717) is 23.9 Å². The van der Waals surface area contributed by atoms with E-state index in [1.165, 1.54) is 0 Å². The molecular formula is C23H27N3O3. The third-order valence-electron chi connectivity index (χ3n) is 4.65. The molecule has 0 aliphatic rings. The van der Waals surface area contributed by atoms with E-state index in [1.807, 2.05) is 64.1 Å². The zero-order valence-corrected chi connectivity index (χ0v) is 17.6. The van der Waals surface area contributed by atoms with Gasteiger partial charge in [0.25, 0.3) is 5.91 Å². The molecular weight excluding hydrogens is 366 g/mol. The summed E-state index contributed by atoms with van der Waals surface area (Å²) in [4.78, 5) is 18.8. The van der Waals surface area contributed by atoms with E-state index >= 15 is 0 Å². The molecule has 0 N–H and O–H groups in total. The molecule has 6 nitrogen and oxygen atoms in total. The van der Waals surface area contributed by atoms with E-state index in [4.69, 9.17) is 9.26 Å². The first-order chi connectivity index (χ1) is 13.9. The van der Waals surface area contributed by atoms with Gasteiger partial charge in [0.05, 0.1) is 6.54 Å². The fourth-order valence-corrected chi connectivity index (χ4v) is 3.14. The largest absolute Gasteiger partial charge is 0.481 e. The van der Waals surface area contributed by atoms with E-state index in [2.05, 4.69) is 16.2 Å². The molecule has 0 bridgehead atoms. The van der Waals surface area contributed by atoms with Crippen molar-refractivity contribution in [2.75, 3.05) is 7.05 Å². The summed E-state index contributed by atoms with van der Waals surface area (Å²) in [6.45, 7) is 8.20. The lowest BCUT2D eigenvalue weighted by atomic mass is 10.1. The third-order valence-corrected chi connectivity index (χ3v) is 4.65. The van der Waals surface area contributed by atoms with E-state index in [1.54, 1.807) is 11.9 Å². The van der Waals surface area contributed by atoms with E-state index < -0.39 is 6.10 Å². The van der Waals surface area contributed by atoms with Crippen molar-refractivity contribution >= 4 is 5.91 Å². The highest BCUT2D eigenvalue weighted by atomic mass is 16.5. The highest BCUT2D eigenvalue weighted by Gasteiger charge is 2.24. The number of ether oxygens (including phenoxy) is 1. The van der Waals surface area contributed by atoms with Crippen LogP contribution in [0.3, 0.4) is 0 Å². The number of nitrogens with zero attached hydrogens (tertiary/aromatic N) is 3. The Morgan fingerprint density at radius 3 is 2.34 bits per heavy atom. The number of aryl methyl sites for hydroxylation is 3. The summed E-state index contributed by atoms with van der Waals surface area (Å²) >= 11 is 0. The van der Waals surface area contributed by atoms with Crippen molar-refractivity contribution in [1.82, 2.24) is 15.0 Å². The lowest BCUT2D eigenvalue weighted by Gasteiger charge is -2.23. The molecule has 0 radical (unpaired) electrons. The van der Waals surface area contributed by atoms with Crippen molar-refractivity contribution in [3.63, 3.8) is 0 Å². The Labute approximate surface area is 171 Å². The molecule has 0 spiro atoms. The van der Waals surface area contributed by atoms with Gasteiger partial charge < -0.3 is 14.2 Å². The SMILES string of the molecule is CC[C@H](Oc1cc(C)cc(C)c1)C(=O)N(C)Cc1nc(-c2ccc(C)cc2)no1. The van der Waals surface area contributed by atoms with Crippen molar-refractivity contribution in [3.8, 4) is 17.1 Å². The number of carbonyl (C=O) groups excluding carboxylic acids is 1. The molecule has 6 heteroatoms. The van der Waals surface area contributed by atoms with Gasteiger partial charge in [-0.25, -0.2) is 0 Å². The van der Waals surface area contributed by atoms with Crippen LogP contribution in [0.25, 0.3) is 11.4 Å². The molecule has 29 heavy (non-hydrogen) atoms. The molecule has 0 fully saturated rings. The summed E-state index contributed by atoms with van der Waals surface area (Å²) in [5, 5.41) is 4.03. The Hall–Kier alpha value is -3.15. The summed E-state index contributed by atoms with van der Waals surface area (Å²) in [7, 11) is 1.71. The summed E-state index contributed by atoms with van der Waals surface area (Å²) in [5.74, 6) is 1.48. The molecule has 1 aromatic heterocycles.